The van der Waals surface area contributed by atoms with Crippen LogP contribution in [0, 0.1) is 0 Å². The Labute approximate surface area is 121 Å². The van der Waals surface area contributed by atoms with E-state index in [1.807, 2.05) is 36.4 Å². The highest BCUT2D eigenvalue weighted by molar-refractivity contribution is 5.78. The van der Waals surface area contributed by atoms with Gasteiger partial charge in [0, 0.05) is 17.8 Å². The second-order valence-electron chi connectivity index (χ2n) is 4.28. The van der Waals surface area contributed by atoms with Gasteiger partial charge in [-0.1, -0.05) is 24.3 Å². The molecule has 6 nitrogen and oxygen atoms in total. The molecule has 0 aliphatic carbocycles. The van der Waals surface area contributed by atoms with Crippen LogP contribution < -0.4 is 4.74 Å². The SMILES string of the molecule is COc1nccnc1N=NCc1ccc2ccccc2n1. The van der Waals surface area contributed by atoms with Gasteiger partial charge in [0.1, 0.15) is 6.54 Å². The Bertz CT molecular complexity index is 788. The second kappa shape index (κ2) is 6.04. The Morgan fingerprint density at radius 2 is 1.90 bits per heavy atom. The number of para-hydroxylation sites is 1. The van der Waals surface area contributed by atoms with Crippen molar-refractivity contribution in [3.05, 3.63) is 54.5 Å². The summed E-state index contributed by atoms with van der Waals surface area (Å²) in [6, 6.07) is 11.9. The highest BCUT2D eigenvalue weighted by Crippen LogP contribution is 2.20. The van der Waals surface area contributed by atoms with E-state index < -0.39 is 0 Å². The van der Waals surface area contributed by atoms with Gasteiger partial charge in [-0.3, -0.25) is 4.98 Å². The Hall–Kier alpha value is -2.89. The first-order valence-corrected chi connectivity index (χ1v) is 6.44. The number of fused-ring (bicyclic) bond motifs is 1. The van der Waals surface area contributed by atoms with Gasteiger partial charge in [0.2, 0.25) is 5.82 Å². The van der Waals surface area contributed by atoms with E-state index in [0.29, 0.717) is 18.2 Å². The van der Waals surface area contributed by atoms with E-state index in [0.717, 1.165) is 16.6 Å². The van der Waals surface area contributed by atoms with Crippen LogP contribution in [0.25, 0.3) is 10.9 Å². The van der Waals surface area contributed by atoms with Gasteiger partial charge in [0.05, 0.1) is 18.3 Å². The molecule has 0 unspecified atom stereocenters. The number of hydrogen-bond donors (Lipinski definition) is 0. The number of hydrogen-bond acceptors (Lipinski definition) is 6. The fourth-order valence-electron chi connectivity index (χ4n) is 1.90. The van der Waals surface area contributed by atoms with Crippen LogP contribution in [0.3, 0.4) is 0 Å². The van der Waals surface area contributed by atoms with E-state index in [2.05, 4.69) is 25.2 Å². The molecule has 0 N–H and O–H groups in total. The minimum Gasteiger partial charge on any atom is -0.478 e. The maximum atomic E-state index is 5.06. The van der Waals surface area contributed by atoms with E-state index in [-0.39, 0.29) is 0 Å². The zero-order valence-electron chi connectivity index (χ0n) is 11.5. The lowest BCUT2D eigenvalue weighted by Crippen LogP contribution is -1.90. The highest BCUT2D eigenvalue weighted by atomic mass is 16.5. The van der Waals surface area contributed by atoms with Gasteiger partial charge < -0.3 is 4.74 Å². The van der Waals surface area contributed by atoms with Gasteiger partial charge >= 0.3 is 0 Å². The number of pyridine rings is 1. The van der Waals surface area contributed by atoms with Crippen LogP contribution in [-0.2, 0) is 6.54 Å². The van der Waals surface area contributed by atoms with Crippen molar-refractivity contribution in [3.8, 4) is 5.88 Å². The van der Waals surface area contributed by atoms with E-state index in [1.165, 1.54) is 7.11 Å². The maximum absolute atomic E-state index is 5.06. The lowest BCUT2D eigenvalue weighted by Gasteiger charge is -2.00. The van der Waals surface area contributed by atoms with Crippen LogP contribution >= 0.6 is 0 Å². The summed E-state index contributed by atoms with van der Waals surface area (Å²) in [6.07, 6.45) is 3.09. The van der Waals surface area contributed by atoms with Crippen molar-refractivity contribution in [2.75, 3.05) is 7.11 Å². The summed E-state index contributed by atoms with van der Waals surface area (Å²) in [7, 11) is 1.52. The molecule has 0 fully saturated rings. The first-order valence-electron chi connectivity index (χ1n) is 6.44. The lowest BCUT2D eigenvalue weighted by atomic mass is 10.2. The zero-order chi connectivity index (χ0) is 14.5. The van der Waals surface area contributed by atoms with Crippen molar-refractivity contribution >= 4 is 16.7 Å². The number of ether oxygens (including phenoxy) is 1. The molecule has 0 spiro atoms. The summed E-state index contributed by atoms with van der Waals surface area (Å²) in [5, 5.41) is 9.25. The van der Waals surface area contributed by atoms with E-state index >= 15 is 0 Å². The van der Waals surface area contributed by atoms with Crippen LogP contribution in [0.5, 0.6) is 5.88 Å². The van der Waals surface area contributed by atoms with Crippen molar-refractivity contribution in [1.82, 2.24) is 15.0 Å². The minimum absolute atomic E-state index is 0.354. The number of methoxy groups -OCH3 is 1. The lowest BCUT2D eigenvalue weighted by molar-refractivity contribution is 0.397. The van der Waals surface area contributed by atoms with Crippen molar-refractivity contribution in [1.29, 1.82) is 0 Å². The standard InChI is InChI=1S/C15H13N5O/c1-21-15-14(16-8-9-17-15)20-18-10-12-7-6-11-4-2-3-5-13(11)19-12/h2-9H,10H2,1H3. The molecular formula is C15H13N5O. The molecule has 21 heavy (non-hydrogen) atoms. The first-order chi connectivity index (χ1) is 10.4. The van der Waals surface area contributed by atoms with Crippen LogP contribution in [0.2, 0.25) is 0 Å². The first kappa shape index (κ1) is 13.1. The highest BCUT2D eigenvalue weighted by Gasteiger charge is 2.03. The molecule has 0 saturated heterocycles. The smallest absolute Gasteiger partial charge is 0.261 e. The van der Waals surface area contributed by atoms with E-state index in [1.54, 1.807) is 12.4 Å². The van der Waals surface area contributed by atoms with Crippen LogP contribution in [0.15, 0.2) is 59.0 Å². The molecule has 0 amide bonds. The molecule has 0 bridgehead atoms. The Morgan fingerprint density at radius 1 is 1.05 bits per heavy atom. The molecule has 0 aliphatic rings. The molecular weight excluding hydrogens is 266 g/mol. The molecule has 0 aliphatic heterocycles. The monoisotopic (exact) mass is 279 g/mol. The number of rotatable bonds is 4. The molecule has 3 rings (SSSR count). The summed E-state index contributed by atoms with van der Waals surface area (Å²) in [4.78, 5) is 12.6. The predicted octanol–water partition coefficient (Wildman–Crippen LogP) is 3.32. The fraction of sp³-hybridized carbons (Fsp3) is 0.133. The summed E-state index contributed by atoms with van der Waals surface area (Å²) in [5.41, 5.74) is 1.79. The number of aromatic nitrogens is 3. The van der Waals surface area contributed by atoms with Gasteiger partial charge in [-0.25, -0.2) is 9.97 Å². The van der Waals surface area contributed by atoms with Gasteiger partial charge in [-0.2, -0.15) is 5.11 Å². The fourth-order valence-corrected chi connectivity index (χ4v) is 1.90. The third-order valence-corrected chi connectivity index (χ3v) is 2.89. The maximum Gasteiger partial charge on any atom is 0.261 e. The van der Waals surface area contributed by atoms with Gasteiger partial charge in [-0.05, 0) is 12.1 Å². The van der Waals surface area contributed by atoms with Crippen LogP contribution in [0.1, 0.15) is 5.69 Å². The molecule has 1 aromatic carbocycles. The van der Waals surface area contributed by atoms with Crippen molar-refractivity contribution in [2.45, 2.75) is 6.54 Å². The molecule has 0 atom stereocenters. The van der Waals surface area contributed by atoms with Crippen molar-refractivity contribution < 1.29 is 4.74 Å². The van der Waals surface area contributed by atoms with Crippen molar-refractivity contribution in [3.63, 3.8) is 0 Å². The van der Waals surface area contributed by atoms with Crippen LogP contribution in [-0.4, -0.2) is 22.1 Å². The molecule has 2 heterocycles. The Morgan fingerprint density at radius 3 is 2.81 bits per heavy atom. The summed E-state index contributed by atoms with van der Waals surface area (Å²) < 4.78 is 5.06. The number of benzene rings is 1. The zero-order valence-corrected chi connectivity index (χ0v) is 11.5. The molecule has 6 heteroatoms. The normalized spacial score (nSPS) is 11.1. The Kier molecular flexibility index (Phi) is 3.77. The molecule has 0 radical (unpaired) electrons. The van der Waals surface area contributed by atoms with E-state index in [9.17, 15) is 0 Å². The van der Waals surface area contributed by atoms with E-state index in [4.69, 9.17) is 4.74 Å². The summed E-state index contributed by atoms with van der Waals surface area (Å²) >= 11 is 0. The number of nitrogens with zero attached hydrogens (tertiary/aromatic N) is 5. The quantitative estimate of drug-likeness (QED) is 0.687. The second-order valence-corrected chi connectivity index (χ2v) is 4.28. The van der Waals surface area contributed by atoms with Crippen molar-refractivity contribution in [2.24, 2.45) is 10.2 Å². The average molecular weight is 279 g/mol. The summed E-state index contributed by atoms with van der Waals surface area (Å²) in [6.45, 7) is 0.380. The topological polar surface area (TPSA) is 72.6 Å². The Balaban J connectivity index is 1.78. The molecule has 3 aromatic rings. The van der Waals surface area contributed by atoms with Crippen LogP contribution in [0.4, 0.5) is 5.82 Å². The molecule has 0 saturated carbocycles. The predicted molar refractivity (Wildman–Crippen MR) is 78.5 cm³/mol. The third kappa shape index (κ3) is 3.00. The third-order valence-electron chi connectivity index (χ3n) is 2.89. The van der Waals surface area contributed by atoms with Gasteiger partial charge in [0.15, 0.2) is 0 Å². The summed E-state index contributed by atoms with van der Waals surface area (Å²) in [5.74, 6) is 0.716. The van der Waals surface area contributed by atoms with Gasteiger partial charge in [0.25, 0.3) is 5.88 Å². The average Bonchev–Trinajstić information content (AvgIpc) is 2.55. The largest absolute Gasteiger partial charge is 0.478 e. The molecule has 104 valence electrons. The minimum atomic E-state index is 0.354. The number of azo groups is 1. The van der Waals surface area contributed by atoms with Gasteiger partial charge in [-0.15, -0.1) is 5.11 Å². The molecule has 2 aromatic heterocycles.